The van der Waals surface area contributed by atoms with Gasteiger partial charge < -0.3 is 10.1 Å². The zero-order valence-corrected chi connectivity index (χ0v) is 9.80. The molecule has 1 N–H and O–H groups in total. The van der Waals surface area contributed by atoms with Crippen molar-refractivity contribution in [1.29, 1.82) is 0 Å². The van der Waals surface area contributed by atoms with Gasteiger partial charge in [0.05, 0.1) is 18.8 Å². The van der Waals surface area contributed by atoms with Gasteiger partial charge in [-0.05, 0) is 26.2 Å². The number of hydrogen-bond donors (Lipinski definition) is 1. The van der Waals surface area contributed by atoms with Crippen LogP contribution in [0, 0.1) is 0 Å². The van der Waals surface area contributed by atoms with E-state index in [1.165, 1.54) is 12.8 Å². The maximum Gasteiger partial charge on any atom is 0.0692 e. The normalized spacial score (nSPS) is 22.4. The molecule has 2 atom stereocenters. The first kappa shape index (κ1) is 11.5. The summed E-state index contributed by atoms with van der Waals surface area (Å²) in [4.78, 5) is 0. The number of nitrogens with one attached hydrogen (secondary N) is 1. The Labute approximate surface area is 96.2 Å². The van der Waals surface area contributed by atoms with Gasteiger partial charge in [-0.1, -0.05) is 5.21 Å². The zero-order chi connectivity index (χ0) is 11.2. The first-order chi connectivity index (χ1) is 7.84. The maximum atomic E-state index is 5.61. The molecule has 16 heavy (non-hydrogen) atoms. The summed E-state index contributed by atoms with van der Waals surface area (Å²) in [5, 5.41) is 11.2. The lowest BCUT2D eigenvalue weighted by Gasteiger charge is -2.17. The molecule has 0 radical (unpaired) electrons. The smallest absolute Gasteiger partial charge is 0.0692 e. The van der Waals surface area contributed by atoms with Crippen LogP contribution < -0.4 is 5.32 Å². The Morgan fingerprint density at radius 2 is 2.56 bits per heavy atom. The fourth-order valence-corrected chi connectivity index (χ4v) is 2.09. The van der Waals surface area contributed by atoms with Gasteiger partial charge in [-0.15, -0.1) is 5.10 Å². The van der Waals surface area contributed by atoms with Crippen molar-refractivity contribution in [3.8, 4) is 0 Å². The molecular weight excluding hydrogens is 204 g/mol. The standard InChI is InChI=1S/C11H20N4O/c1-10(9-11-3-2-8-16-11)12-4-6-15-7-5-13-14-15/h5,7,10-12H,2-4,6,8-9H2,1H3. The average Bonchev–Trinajstić information content (AvgIpc) is 2.90. The lowest BCUT2D eigenvalue weighted by Crippen LogP contribution is -2.32. The third-order valence-electron chi connectivity index (χ3n) is 2.95. The highest BCUT2D eigenvalue weighted by atomic mass is 16.5. The van der Waals surface area contributed by atoms with Crippen molar-refractivity contribution in [2.45, 2.75) is 44.9 Å². The quantitative estimate of drug-likeness (QED) is 0.777. The van der Waals surface area contributed by atoms with Crippen molar-refractivity contribution in [2.75, 3.05) is 13.2 Å². The number of nitrogens with zero attached hydrogens (tertiary/aromatic N) is 3. The molecule has 2 rings (SSSR count). The monoisotopic (exact) mass is 224 g/mol. The summed E-state index contributed by atoms with van der Waals surface area (Å²) in [6, 6.07) is 0.506. The fourth-order valence-electron chi connectivity index (χ4n) is 2.09. The third kappa shape index (κ3) is 3.57. The van der Waals surface area contributed by atoms with Crippen LogP contribution >= 0.6 is 0 Å². The summed E-state index contributed by atoms with van der Waals surface area (Å²) in [7, 11) is 0. The van der Waals surface area contributed by atoms with E-state index in [2.05, 4.69) is 22.6 Å². The minimum Gasteiger partial charge on any atom is -0.378 e. The molecule has 1 fully saturated rings. The predicted octanol–water partition coefficient (Wildman–Crippen LogP) is 0.825. The topological polar surface area (TPSA) is 52.0 Å². The largest absolute Gasteiger partial charge is 0.378 e. The molecule has 90 valence electrons. The Morgan fingerprint density at radius 3 is 3.25 bits per heavy atom. The van der Waals surface area contributed by atoms with Crippen LogP contribution in [0.1, 0.15) is 26.2 Å². The van der Waals surface area contributed by atoms with E-state index in [-0.39, 0.29) is 0 Å². The number of hydrogen-bond acceptors (Lipinski definition) is 4. The SMILES string of the molecule is CC(CC1CCCO1)NCCn1ccnn1. The molecule has 2 heterocycles. The molecule has 1 aliphatic heterocycles. The Kier molecular flexibility index (Phi) is 4.30. The summed E-state index contributed by atoms with van der Waals surface area (Å²) in [6.07, 6.45) is 7.60. The Morgan fingerprint density at radius 1 is 1.62 bits per heavy atom. The Bertz CT molecular complexity index is 282. The molecule has 1 aliphatic rings. The van der Waals surface area contributed by atoms with Crippen LogP contribution in [0.2, 0.25) is 0 Å². The minimum atomic E-state index is 0.467. The van der Waals surface area contributed by atoms with Crippen molar-refractivity contribution in [3.63, 3.8) is 0 Å². The summed E-state index contributed by atoms with van der Waals surface area (Å²) in [6.45, 7) is 4.95. The molecule has 2 unspecified atom stereocenters. The molecule has 0 bridgehead atoms. The van der Waals surface area contributed by atoms with Crippen LogP contribution in [0.4, 0.5) is 0 Å². The number of aromatic nitrogens is 3. The molecule has 1 saturated heterocycles. The zero-order valence-electron chi connectivity index (χ0n) is 9.80. The van der Waals surface area contributed by atoms with Gasteiger partial charge in [0.1, 0.15) is 0 Å². The van der Waals surface area contributed by atoms with E-state index in [1.54, 1.807) is 6.20 Å². The highest BCUT2D eigenvalue weighted by Gasteiger charge is 2.17. The highest BCUT2D eigenvalue weighted by molar-refractivity contribution is 4.72. The maximum absolute atomic E-state index is 5.61. The summed E-state index contributed by atoms with van der Waals surface area (Å²) in [5.74, 6) is 0. The van der Waals surface area contributed by atoms with E-state index in [1.807, 2.05) is 10.9 Å². The van der Waals surface area contributed by atoms with Crippen LogP contribution in [0.25, 0.3) is 0 Å². The van der Waals surface area contributed by atoms with Crippen LogP contribution in [0.3, 0.4) is 0 Å². The van der Waals surface area contributed by atoms with Gasteiger partial charge in [0, 0.05) is 25.4 Å². The predicted molar refractivity (Wildman–Crippen MR) is 61.1 cm³/mol. The van der Waals surface area contributed by atoms with Crippen LogP contribution in [0.15, 0.2) is 12.4 Å². The second-order valence-electron chi connectivity index (χ2n) is 4.39. The summed E-state index contributed by atoms with van der Waals surface area (Å²) < 4.78 is 7.45. The van der Waals surface area contributed by atoms with E-state index in [0.717, 1.165) is 26.1 Å². The van der Waals surface area contributed by atoms with E-state index >= 15 is 0 Å². The molecular formula is C11H20N4O. The van der Waals surface area contributed by atoms with Crippen molar-refractivity contribution in [3.05, 3.63) is 12.4 Å². The number of rotatable bonds is 6. The van der Waals surface area contributed by atoms with E-state index in [4.69, 9.17) is 4.74 Å². The lowest BCUT2D eigenvalue weighted by molar-refractivity contribution is 0.0962. The first-order valence-electron chi connectivity index (χ1n) is 6.03. The van der Waals surface area contributed by atoms with Gasteiger partial charge >= 0.3 is 0 Å². The van der Waals surface area contributed by atoms with Crippen LogP contribution in [-0.2, 0) is 11.3 Å². The summed E-state index contributed by atoms with van der Waals surface area (Å²) in [5.41, 5.74) is 0. The van der Waals surface area contributed by atoms with Gasteiger partial charge in [0.25, 0.3) is 0 Å². The fraction of sp³-hybridized carbons (Fsp3) is 0.818. The molecule has 0 aromatic carbocycles. The van der Waals surface area contributed by atoms with Crippen LogP contribution in [-0.4, -0.2) is 40.3 Å². The van der Waals surface area contributed by atoms with Crippen LogP contribution in [0.5, 0.6) is 0 Å². The molecule has 0 aliphatic carbocycles. The van der Waals surface area contributed by atoms with Gasteiger partial charge in [0.15, 0.2) is 0 Å². The van der Waals surface area contributed by atoms with Crippen molar-refractivity contribution >= 4 is 0 Å². The molecule has 0 saturated carbocycles. The molecule has 0 amide bonds. The molecule has 1 aromatic rings. The highest BCUT2D eigenvalue weighted by Crippen LogP contribution is 2.16. The first-order valence-corrected chi connectivity index (χ1v) is 6.03. The van der Waals surface area contributed by atoms with Gasteiger partial charge in [0.2, 0.25) is 0 Å². The van der Waals surface area contributed by atoms with Gasteiger partial charge in [-0.3, -0.25) is 4.68 Å². The average molecular weight is 224 g/mol. The minimum absolute atomic E-state index is 0.467. The van der Waals surface area contributed by atoms with Crippen molar-refractivity contribution in [1.82, 2.24) is 20.3 Å². The molecule has 0 spiro atoms. The molecule has 5 heteroatoms. The third-order valence-corrected chi connectivity index (χ3v) is 2.95. The van der Waals surface area contributed by atoms with E-state index < -0.39 is 0 Å². The molecule has 5 nitrogen and oxygen atoms in total. The van der Waals surface area contributed by atoms with Gasteiger partial charge in [-0.2, -0.15) is 0 Å². The Hall–Kier alpha value is -0.940. The van der Waals surface area contributed by atoms with Gasteiger partial charge in [-0.25, -0.2) is 0 Å². The number of ether oxygens (including phenoxy) is 1. The summed E-state index contributed by atoms with van der Waals surface area (Å²) >= 11 is 0. The van der Waals surface area contributed by atoms with E-state index in [0.29, 0.717) is 12.1 Å². The molecule has 1 aromatic heterocycles. The second-order valence-corrected chi connectivity index (χ2v) is 4.39. The van der Waals surface area contributed by atoms with E-state index in [9.17, 15) is 0 Å². The van der Waals surface area contributed by atoms with Crippen molar-refractivity contribution in [2.24, 2.45) is 0 Å². The Balaban J connectivity index is 1.58. The lowest BCUT2D eigenvalue weighted by atomic mass is 10.1. The van der Waals surface area contributed by atoms with Crippen molar-refractivity contribution < 1.29 is 4.74 Å². The second kappa shape index (κ2) is 5.96.